The van der Waals surface area contributed by atoms with E-state index in [2.05, 4.69) is 22.7 Å². The number of hydrogen-bond donors (Lipinski definition) is 2. The number of sulfonamides is 1. The summed E-state index contributed by atoms with van der Waals surface area (Å²) >= 11 is 0. The van der Waals surface area contributed by atoms with Crippen LogP contribution in [0.4, 0.5) is 10.5 Å². The van der Waals surface area contributed by atoms with Crippen molar-refractivity contribution in [2.24, 2.45) is 0 Å². The number of carbonyl (C=O) groups is 1. The van der Waals surface area contributed by atoms with E-state index >= 15 is 0 Å². The van der Waals surface area contributed by atoms with E-state index in [1.807, 2.05) is 42.3 Å². The molecule has 170 valence electrons. The molecule has 0 bridgehead atoms. The summed E-state index contributed by atoms with van der Waals surface area (Å²) in [5, 5.41) is 2.88. The van der Waals surface area contributed by atoms with Crippen molar-refractivity contribution in [1.29, 1.82) is 0 Å². The zero-order chi connectivity index (χ0) is 22.7. The van der Waals surface area contributed by atoms with Crippen molar-refractivity contribution < 1.29 is 13.2 Å². The van der Waals surface area contributed by atoms with Gasteiger partial charge >= 0.3 is 6.03 Å². The van der Waals surface area contributed by atoms with Crippen molar-refractivity contribution in [3.05, 3.63) is 76.4 Å². The normalized spacial score (nSPS) is 14.8. The average Bonchev–Trinajstić information content (AvgIpc) is 3.36. The van der Waals surface area contributed by atoms with Gasteiger partial charge in [-0.2, -0.15) is 0 Å². The molecule has 0 aromatic heterocycles. The molecular formula is C25H31N3O3S. The van der Waals surface area contributed by atoms with E-state index in [9.17, 15) is 13.2 Å². The van der Waals surface area contributed by atoms with Gasteiger partial charge in [0.05, 0.1) is 5.75 Å². The first-order valence-corrected chi connectivity index (χ1v) is 12.8. The molecule has 0 saturated heterocycles. The van der Waals surface area contributed by atoms with Crippen LogP contribution in [-0.2, 0) is 42.3 Å². The van der Waals surface area contributed by atoms with Gasteiger partial charge in [0.25, 0.3) is 0 Å². The van der Waals surface area contributed by atoms with Gasteiger partial charge in [-0.3, -0.25) is 4.90 Å². The van der Waals surface area contributed by atoms with Crippen LogP contribution < -0.4 is 10.0 Å². The quantitative estimate of drug-likeness (QED) is 0.596. The number of rotatable bonds is 8. The lowest BCUT2D eigenvalue weighted by atomic mass is 9.99. The van der Waals surface area contributed by atoms with Crippen LogP contribution in [0.25, 0.3) is 0 Å². The lowest BCUT2D eigenvalue weighted by Crippen LogP contribution is -2.37. The third-order valence-corrected chi connectivity index (χ3v) is 7.43. The van der Waals surface area contributed by atoms with E-state index < -0.39 is 16.1 Å². The van der Waals surface area contributed by atoms with E-state index in [1.165, 1.54) is 22.3 Å². The Hall–Kier alpha value is -2.64. The van der Waals surface area contributed by atoms with E-state index in [-0.39, 0.29) is 5.75 Å². The number of amides is 2. The molecule has 2 aromatic rings. The smallest absolute Gasteiger partial charge is 0.307 e. The summed E-state index contributed by atoms with van der Waals surface area (Å²) < 4.78 is 27.4. The van der Waals surface area contributed by atoms with Gasteiger partial charge < -0.3 is 5.32 Å². The fraction of sp³-hybridized carbons (Fsp3) is 0.400. The van der Waals surface area contributed by atoms with E-state index in [4.69, 9.17) is 0 Å². The molecule has 2 amide bonds. The first-order chi connectivity index (χ1) is 15.3. The van der Waals surface area contributed by atoms with Crippen LogP contribution in [0.3, 0.4) is 0 Å². The van der Waals surface area contributed by atoms with Crippen molar-refractivity contribution in [3.8, 4) is 0 Å². The van der Waals surface area contributed by atoms with Gasteiger partial charge in [-0.25, -0.2) is 17.9 Å². The van der Waals surface area contributed by atoms with Gasteiger partial charge in [0, 0.05) is 18.8 Å². The molecule has 0 heterocycles. The first-order valence-electron chi connectivity index (χ1n) is 11.2. The van der Waals surface area contributed by atoms with Gasteiger partial charge in [0.1, 0.15) is 0 Å². The van der Waals surface area contributed by atoms with Gasteiger partial charge in [-0.05, 0) is 79.0 Å². The van der Waals surface area contributed by atoms with Gasteiger partial charge in [-0.1, -0.05) is 43.0 Å². The van der Waals surface area contributed by atoms with E-state index in [0.29, 0.717) is 18.7 Å². The highest BCUT2D eigenvalue weighted by molar-refractivity contribution is 7.90. The second kappa shape index (κ2) is 9.46. The van der Waals surface area contributed by atoms with Crippen molar-refractivity contribution in [2.45, 2.75) is 45.1 Å². The standard InChI is InChI=1S/C25H31N3O3S/c1-18(15-28(2)16-19-8-4-3-5-9-19)17-32(30,31)27-25(29)26-24-22-12-6-10-20(22)14-21-11-7-13-23(21)24/h3-5,8-9,14H,1,6-7,10-13,15-17H2,2H3,(H2,26,27,29). The highest BCUT2D eigenvalue weighted by Crippen LogP contribution is 2.38. The lowest BCUT2D eigenvalue weighted by molar-refractivity contribution is 0.256. The minimum atomic E-state index is -3.84. The maximum Gasteiger partial charge on any atom is 0.332 e. The molecule has 0 fully saturated rings. The molecule has 32 heavy (non-hydrogen) atoms. The van der Waals surface area contributed by atoms with E-state index in [1.54, 1.807) is 0 Å². The molecular weight excluding hydrogens is 422 g/mol. The van der Waals surface area contributed by atoms with E-state index in [0.717, 1.165) is 49.8 Å². The van der Waals surface area contributed by atoms with Crippen molar-refractivity contribution in [2.75, 3.05) is 24.7 Å². The zero-order valence-electron chi connectivity index (χ0n) is 18.6. The molecule has 2 N–H and O–H groups in total. The Balaban J connectivity index is 1.35. The van der Waals surface area contributed by atoms with Crippen LogP contribution in [0.1, 0.15) is 40.7 Å². The second-order valence-corrected chi connectivity index (χ2v) is 10.7. The molecule has 0 spiro atoms. The maximum absolute atomic E-state index is 12.6. The summed E-state index contributed by atoms with van der Waals surface area (Å²) in [6.07, 6.45) is 6.04. The molecule has 4 rings (SSSR count). The Morgan fingerprint density at radius 3 is 2.28 bits per heavy atom. The summed E-state index contributed by atoms with van der Waals surface area (Å²) in [5.41, 5.74) is 7.44. The molecule has 2 aromatic carbocycles. The van der Waals surface area contributed by atoms with Crippen molar-refractivity contribution in [3.63, 3.8) is 0 Å². The Morgan fingerprint density at radius 2 is 1.66 bits per heavy atom. The van der Waals surface area contributed by atoms with Crippen LogP contribution in [0.5, 0.6) is 0 Å². The van der Waals surface area contributed by atoms with Crippen LogP contribution >= 0.6 is 0 Å². The fourth-order valence-corrected chi connectivity index (χ4v) is 5.97. The topological polar surface area (TPSA) is 78.5 Å². The minimum Gasteiger partial charge on any atom is -0.307 e. The fourth-order valence-electron chi connectivity index (χ4n) is 4.93. The number of fused-ring (bicyclic) bond motifs is 2. The number of benzene rings is 2. The molecule has 0 aliphatic heterocycles. The molecule has 2 aliphatic rings. The van der Waals surface area contributed by atoms with Crippen LogP contribution in [0.15, 0.2) is 48.6 Å². The molecule has 0 atom stereocenters. The molecule has 7 heteroatoms. The summed E-state index contributed by atoms with van der Waals surface area (Å²) in [6, 6.07) is 11.6. The Labute approximate surface area is 190 Å². The summed E-state index contributed by atoms with van der Waals surface area (Å²) in [4.78, 5) is 14.6. The van der Waals surface area contributed by atoms with Crippen LogP contribution in [0, 0.1) is 0 Å². The number of urea groups is 1. The molecule has 2 aliphatic carbocycles. The summed E-state index contributed by atoms with van der Waals surface area (Å²) in [6.45, 7) is 5.03. The average molecular weight is 454 g/mol. The van der Waals surface area contributed by atoms with Crippen LogP contribution in [-0.4, -0.2) is 38.7 Å². The Morgan fingerprint density at radius 1 is 1.03 bits per heavy atom. The highest BCUT2D eigenvalue weighted by Gasteiger charge is 2.26. The summed E-state index contributed by atoms with van der Waals surface area (Å²) in [5.74, 6) is -0.287. The number of nitrogens with one attached hydrogen (secondary N) is 2. The highest BCUT2D eigenvalue weighted by atomic mass is 32.2. The van der Waals surface area contributed by atoms with Gasteiger partial charge in [0.15, 0.2) is 0 Å². The monoisotopic (exact) mass is 453 g/mol. The largest absolute Gasteiger partial charge is 0.332 e. The predicted octanol–water partition coefficient (Wildman–Crippen LogP) is 3.80. The lowest BCUT2D eigenvalue weighted by Gasteiger charge is -2.19. The van der Waals surface area contributed by atoms with Crippen LogP contribution in [0.2, 0.25) is 0 Å². The number of anilines is 1. The number of nitrogens with zero attached hydrogens (tertiary/aromatic N) is 1. The first kappa shape index (κ1) is 22.6. The van der Waals surface area contributed by atoms with Gasteiger partial charge in [-0.15, -0.1) is 0 Å². The number of likely N-dealkylation sites (N-methyl/N-ethyl adjacent to an activating group) is 1. The molecule has 0 saturated carbocycles. The molecule has 0 unspecified atom stereocenters. The number of hydrogen-bond acceptors (Lipinski definition) is 4. The Kier molecular flexibility index (Phi) is 6.67. The predicted molar refractivity (Wildman–Crippen MR) is 128 cm³/mol. The zero-order valence-corrected chi connectivity index (χ0v) is 19.4. The molecule has 6 nitrogen and oxygen atoms in total. The minimum absolute atomic E-state index is 0.287. The molecule has 0 radical (unpaired) electrons. The summed E-state index contributed by atoms with van der Waals surface area (Å²) in [7, 11) is -1.92. The van der Waals surface area contributed by atoms with Crippen molar-refractivity contribution in [1.82, 2.24) is 9.62 Å². The number of carbonyl (C=O) groups excluding carboxylic acids is 1. The van der Waals surface area contributed by atoms with Crippen molar-refractivity contribution >= 4 is 21.7 Å². The third-order valence-electron chi connectivity index (χ3n) is 6.14. The number of aryl methyl sites for hydroxylation is 2. The maximum atomic E-state index is 12.6. The Bertz CT molecular complexity index is 1090. The third kappa shape index (κ3) is 5.40. The van der Waals surface area contributed by atoms with Gasteiger partial charge in [0.2, 0.25) is 10.0 Å². The SMILES string of the molecule is C=C(CN(C)Cc1ccccc1)CS(=O)(=O)NC(=O)Nc1c2c(cc3c1CCC3)CCC2. The second-order valence-electron chi connectivity index (χ2n) is 8.96.